The van der Waals surface area contributed by atoms with Crippen molar-refractivity contribution in [3.8, 4) is 5.75 Å². The molecule has 0 amide bonds. The van der Waals surface area contributed by atoms with Gasteiger partial charge in [-0.25, -0.2) is 0 Å². The first-order valence-corrected chi connectivity index (χ1v) is 8.62. The van der Waals surface area contributed by atoms with Crippen molar-refractivity contribution in [1.82, 2.24) is 5.32 Å². The second-order valence-corrected chi connectivity index (χ2v) is 6.65. The Labute approximate surface area is 148 Å². The lowest BCUT2D eigenvalue weighted by atomic mass is 10.0. The normalized spacial score (nSPS) is 11.2. The molecule has 2 nitrogen and oxygen atoms in total. The SMILES string of the molecule is CC(C)NCc1c(OCc2cccc(Cl)c2)ccc2ccccc12. The van der Waals surface area contributed by atoms with E-state index in [1.807, 2.05) is 24.3 Å². The molecule has 24 heavy (non-hydrogen) atoms. The Morgan fingerprint density at radius 3 is 2.62 bits per heavy atom. The summed E-state index contributed by atoms with van der Waals surface area (Å²) in [6, 6.07) is 20.8. The largest absolute Gasteiger partial charge is 0.489 e. The highest BCUT2D eigenvalue weighted by Crippen LogP contribution is 2.29. The van der Waals surface area contributed by atoms with E-state index < -0.39 is 0 Å². The van der Waals surface area contributed by atoms with E-state index in [0.717, 1.165) is 22.9 Å². The molecule has 3 aromatic carbocycles. The number of ether oxygens (including phenoxy) is 1. The van der Waals surface area contributed by atoms with Crippen LogP contribution >= 0.6 is 11.6 Å². The number of hydrogen-bond acceptors (Lipinski definition) is 2. The maximum absolute atomic E-state index is 6.12. The molecule has 0 fully saturated rings. The third kappa shape index (κ3) is 4.08. The molecule has 124 valence electrons. The lowest BCUT2D eigenvalue weighted by molar-refractivity contribution is 0.302. The zero-order valence-corrected chi connectivity index (χ0v) is 14.8. The summed E-state index contributed by atoms with van der Waals surface area (Å²) in [5.41, 5.74) is 2.27. The predicted molar refractivity (Wildman–Crippen MR) is 102 cm³/mol. The van der Waals surface area contributed by atoms with E-state index in [4.69, 9.17) is 16.3 Å². The minimum atomic E-state index is 0.421. The molecule has 0 bridgehead atoms. The van der Waals surface area contributed by atoms with Crippen LogP contribution in [0.5, 0.6) is 5.75 Å². The van der Waals surface area contributed by atoms with Gasteiger partial charge in [-0.05, 0) is 34.5 Å². The van der Waals surface area contributed by atoms with Crippen molar-refractivity contribution < 1.29 is 4.74 Å². The van der Waals surface area contributed by atoms with Crippen LogP contribution < -0.4 is 10.1 Å². The summed E-state index contributed by atoms with van der Waals surface area (Å²) in [5.74, 6) is 0.918. The van der Waals surface area contributed by atoms with Crippen molar-refractivity contribution in [2.75, 3.05) is 0 Å². The average Bonchev–Trinajstić information content (AvgIpc) is 2.58. The van der Waals surface area contributed by atoms with E-state index >= 15 is 0 Å². The molecule has 0 aromatic heterocycles. The summed E-state index contributed by atoms with van der Waals surface area (Å²) in [7, 11) is 0. The van der Waals surface area contributed by atoms with Crippen LogP contribution in [0.15, 0.2) is 60.7 Å². The molecule has 0 radical (unpaired) electrons. The van der Waals surface area contributed by atoms with E-state index in [-0.39, 0.29) is 0 Å². The van der Waals surface area contributed by atoms with Gasteiger partial charge in [-0.3, -0.25) is 0 Å². The van der Waals surface area contributed by atoms with Crippen LogP contribution in [0.3, 0.4) is 0 Å². The van der Waals surface area contributed by atoms with Crippen LogP contribution in [0, 0.1) is 0 Å². The maximum Gasteiger partial charge on any atom is 0.124 e. The van der Waals surface area contributed by atoms with Crippen molar-refractivity contribution in [2.24, 2.45) is 0 Å². The Kier molecular flexibility index (Phi) is 5.39. The fourth-order valence-corrected chi connectivity index (χ4v) is 2.94. The van der Waals surface area contributed by atoms with Gasteiger partial charge in [0.1, 0.15) is 12.4 Å². The van der Waals surface area contributed by atoms with Crippen LogP contribution in [-0.4, -0.2) is 6.04 Å². The monoisotopic (exact) mass is 339 g/mol. The van der Waals surface area contributed by atoms with Crippen LogP contribution in [0.1, 0.15) is 25.0 Å². The highest BCUT2D eigenvalue weighted by atomic mass is 35.5. The van der Waals surface area contributed by atoms with Crippen molar-refractivity contribution in [1.29, 1.82) is 0 Å². The number of rotatable bonds is 6. The summed E-state index contributed by atoms with van der Waals surface area (Å²) in [5, 5.41) is 6.69. The number of halogens is 1. The maximum atomic E-state index is 6.12. The van der Waals surface area contributed by atoms with Gasteiger partial charge in [0.25, 0.3) is 0 Å². The summed E-state index contributed by atoms with van der Waals surface area (Å²) < 4.78 is 6.12. The van der Waals surface area contributed by atoms with Gasteiger partial charge < -0.3 is 10.1 Å². The minimum absolute atomic E-state index is 0.421. The van der Waals surface area contributed by atoms with Gasteiger partial charge in [0.15, 0.2) is 0 Å². The zero-order chi connectivity index (χ0) is 16.9. The fraction of sp³-hybridized carbons (Fsp3) is 0.238. The summed E-state index contributed by atoms with van der Waals surface area (Å²) in [6.07, 6.45) is 0. The lowest BCUT2D eigenvalue weighted by Gasteiger charge is -2.16. The molecule has 3 rings (SSSR count). The quantitative estimate of drug-likeness (QED) is 0.633. The molecule has 0 aliphatic carbocycles. The lowest BCUT2D eigenvalue weighted by Crippen LogP contribution is -2.22. The van der Waals surface area contributed by atoms with E-state index in [1.165, 1.54) is 16.3 Å². The topological polar surface area (TPSA) is 21.3 Å². The Balaban J connectivity index is 1.89. The van der Waals surface area contributed by atoms with Gasteiger partial charge >= 0.3 is 0 Å². The molecule has 0 saturated carbocycles. The molecule has 0 saturated heterocycles. The van der Waals surface area contributed by atoms with Crippen LogP contribution in [0.2, 0.25) is 5.02 Å². The first-order chi connectivity index (χ1) is 11.6. The molecular weight excluding hydrogens is 318 g/mol. The third-order valence-corrected chi connectivity index (χ3v) is 4.20. The average molecular weight is 340 g/mol. The van der Waals surface area contributed by atoms with Gasteiger partial charge in [-0.2, -0.15) is 0 Å². The first-order valence-electron chi connectivity index (χ1n) is 8.25. The van der Waals surface area contributed by atoms with Crippen LogP contribution in [-0.2, 0) is 13.2 Å². The highest BCUT2D eigenvalue weighted by Gasteiger charge is 2.10. The van der Waals surface area contributed by atoms with Gasteiger partial charge in [0, 0.05) is 23.2 Å². The van der Waals surface area contributed by atoms with Gasteiger partial charge in [-0.1, -0.05) is 67.9 Å². The van der Waals surface area contributed by atoms with Gasteiger partial charge in [0.05, 0.1) is 0 Å². The summed E-state index contributed by atoms with van der Waals surface area (Å²) in [4.78, 5) is 0. The standard InChI is InChI=1S/C21H22ClNO/c1-15(2)23-13-20-19-9-4-3-7-17(19)10-11-21(20)24-14-16-6-5-8-18(22)12-16/h3-12,15,23H,13-14H2,1-2H3. The second kappa shape index (κ2) is 7.69. The van der Waals surface area contributed by atoms with E-state index in [9.17, 15) is 0 Å². The minimum Gasteiger partial charge on any atom is -0.489 e. The fourth-order valence-electron chi connectivity index (χ4n) is 2.73. The molecule has 0 heterocycles. The van der Waals surface area contributed by atoms with Crippen molar-refractivity contribution in [3.63, 3.8) is 0 Å². The van der Waals surface area contributed by atoms with Gasteiger partial charge in [-0.15, -0.1) is 0 Å². The van der Waals surface area contributed by atoms with Crippen LogP contribution in [0.4, 0.5) is 0 Å². The third-order valence-electron chi connectivity index (χ3n) is 3.97. The Bertz CT molecular complexity index is 829. The molecule has 3 aromatic rings. The Hall–Kier alpha value is -2.03. The molecule has 0 spiro atoms. The zero-order valence-electron chi connectivity index (χ0n) is 14.1. The summed E-state index contributed by atoms with van der Waals surface area (Å²) >= 11 is 6.05. The van der Waals surface area contributed by atoms with Gasteiger partial charge in [0.2, 0.25) is 0 Å². The smallest absolute Gasteiger partial charge is 0.124 e. The summed E-state index contributed by atoms with van der Waals surface area (Å²) in [6.45, 7) is 5.59. The van der Waals surface area contributed by atoms with Crippen molar-refractivity contribution in [3.05, 3.63) is 76.8 Å². The molecular formula is C21H22ClNO. The molecule has 0 atom stereocenters. The van der Waals surface area contributed by atoms with Crippen molar-refractivity contribution in [2.45, 2.75) is 33.0 Å². The highest BCUT2D eigenvalue weighted by molar-refractivity contribution is 6.30. The molecule has 0 unspecified atom stereocenters. The first kappa shape index (κ1) is 16.8. The number of nitrogens with one attached hydrogen (secondary N) is 1. The van der Waals surface area contributed by atoms with Crippen LogP contribution in [0.25, 0.3) is 10.8 Å². The molecule has 3 heteroatoms. The number of benzene rings is 3. The van der Waals surface area contributed by atoms with E-state index in [2.05, 4.69) is 55.6 Å². The molecule has 1 N–H and O–H groups in total. The molecule has 0 aliphatic heterocycles. The van der Waals surface area contributed by atoms with E-state index in [1.54, 1.807) is 0 Å². The number of hydrogen-bond donors (Lipinski definition) is 1. The Morgan fingerprint density at radius 1 is 1.00 bits per heavy atom. The van der Waals surface area contributed by atoms with E-state index in [0.29, 0.717) is 12.6 Å². The number of fused-ring (bicyclic) bond motifs is 1. The Morgan fingerprint density at radius 2 is 1.83 bits per heavy atom. The second-order valence-electron chi connectivity index (χ2n) is 6.22. The van der Waals surface area contributed by atoms with Crippen molar-refractivity contribution >= 4 is 22.4 Å². The molecule has 0 aliphatic rings. The predicted octanol–water partition coefficient (Wildman–Crippen LogP) is 5.57.